The number of nitrogens with one attached hydrogen (secondary N) is 2. The SMILES string of the molecule is Fc1ccc(NC(=S)NC2CC2)cc1. The molecule has 0 unspecified atom stereocenters. The maximum atomic E-state index is 12.6. The van der Waals surface area contributed by atoms with E-state index in [0.717, 1.165) is 5.69 Å². The zero-order chi connectivity index (χ0) is 9.97. The summed E-state index contributed by atoms with van der Waals surface area (Å²) < 4.78 is 12.6. The van der Waals surface area contributed by atoms with Crippen LogP contribution >= 0.6 is 12.2 Å². The molecule has 0 saturated heterocycles. The fourth-order valence-electron chi connectivity index (χ4n) is 1.11. The van der Waals surface area contributed by atoms with Crippen molar-refractivity contribution >= 4 is 23.0 Å². The second-order valence-corrected chi connectivity index (χ2v) is 3.79. The van der Waals surface area contributed by atoms with Gasteiger partial charge in [-0.3, -0.25) is 0 Å². The van der Waals surface area contributed by atoms with Gasteiger partial charge in [0.1, 0.15) is 5.82 Å². The number of hydrogen-bond donors (Lipinski definition) is 2. The minimum atomic E-state index is -0.239. The molecule has 1 aliphatic carbocycles. The zero-order valence-electron chi connectivity index (χ0n) is 7.59. The number of benzene rings is 1. The first-order valence-corrected chi connectivity index (χ1v) is 4.98. The van der Waals surface area contributed by atoms with Crippen LogP contribution in [0.15, 0.2) is 24.3 Å². The van der Waals surface area contributed by atoms with Gasteiger partial charge in [-0.05, 0) is 49.3 Å². The second kappa shape index (κ2) is 3.92. The Balaban J connectivity index is 1.89. The van der Waals surface area contributed by atoms with Crippen molar-refractivity contribution in [2.45, 2.75) is 18.9 Å². The second-order valence-electron chi connectivity index (χ2n) is 3.38. The van der Waals surface area contributed by atoms with Gasteiger partial charge in [0.2, 0.25) is 0 Å². The van der Waals surface area contributed by atoms with Crippen LogP contribution < -0.4 is 10.6 Å². The molecule has 1 aromatic carbocycles. The van der Waals surface area contributed by atoms with Crippen LogP contribution in [-0.4, -0.2) is 11.2 Å². The van der Waals surface area contributed by atoms with E-state index in [0.29, 0.717) is 11.2 Å². The number of thiocarbonyl (C=S) groups is 1. The van der Waals surface area contributed by atoms with Crippen LogP contribution in [0.3, 0.4) is 0 Å². The van der Waals surface area contributed by atoms with E-state index >= 15 is 0 Å². The molecule has 0 bridgehead atoms. The summed E-state index contributed by atoms with van der Waals surface area (Å²) in [5.41, 5.74) is 0.810. The van der Waals surface area contributed by atoms with Crippen LogP contribution in [-0.2, 0) is 0 Å². The number of hydrogen-bond acceptors (Lipinski definition) is 1. The van der Waals surface area contributed by atoms with Gasteiger partial charge in [-0.25, -0.2) is 4.39 Å². The van der Waals surface area contributed by atoms with Gasteiger partial charge in [-0.2, -0.15) is 0 Å². The third-order valence-corrected chi connectivity index (χ3v) is 2.23. The van der Waals surface area contributed by atoms with Crippen LogP contribution in [0.2, 0.25) is 0 Å². The Morgan fingerprint density at radius 3 is 2.50 bits per heavy atom. The molecule has 0 aromatic heterocycles. The van der Waals surface area contributed by atoms with Gasteiger partial charge in [0.25, 0.3) is 0 Å². The normalized spacial score (nSPS) is 14.9. The molecule has 74 valence electrons. The van der Waals surface area contributed by atoms with Crippen LogP contribution in [0.25, 0.3) is 0 Å². The van der Waals surface area contributed by atoms with Crippen LogP contribution in [0.5, 0.6) is 0 Å². The molecule has 14 heavy (non-hydrogen) atoms. The summed E-state index contributed by atoms with van der Waals surface area (Å²) in [6.07, 6.45) is 2.37. The molecule has 0 amide bonds. The third-order valence-electron chi connectivity index (χ3n) is 2.01. The van der Waals surface area contributed by atoms with Crippen molar-refractivity contribution in [3.63, 3.8) is 0 Å². The van der Waals surface area contributed by atoms with E-state index in [1.54, 1.807) is 12.1 Å². The maximum Gasteiger partial charge on any atom is 0.170 e. The van der Waals surface area contributed by atoms with Gasteiger partial charge in [0.15, 0.2) is 5.11 Å². The van der Waals surface area contributed by atoms with Gasteiger partial charge in [-0.1, -0.05) is 0 Å². The molecule has 1 fully saturated rings. The van der Waals surface area contributed by atoms with Gasteiger partial charge in [0, 0.05) is 11.7 Å². The quantitative estimate of drug-likeness (QED) is 0.732. The summed E-state index contributed by atoms with van der Waals surface area (Å²) in [5.74, 6) is -0.239. The molecule has 0 aliphatic heterocycles. The predicted octanol–water partition coefficient (Wildman–Crippen LogP) is 2.27. The number of rotatable bonds is 2. The fourth-order valence-corrected chi connectivity index (χ4v) is 1.40. The molecule has 0 radical (unpaired) electrons. The van der Waals surface area contributed by atoms with E-state index in [9.17, 15) is 4.39 Å². The molecule has 0 heterocycles. The first-order chi connectivity index (χ1) is 6.74. The van der Waals surface area contributed by atoms with Crippen molar-refractivity contribution < 1.29 is 4.39 Å². The van der Waals surface area contributed by atoms with E-state index in [2.05, 4.69) is 10.6 Å². The summed E-state index contributed by atoms with van der Waals surface area (Å²) in [5, 5.41) is 6.75. The van der Waals surface area contributed by atoms with Crippen molar-refractivity contribution in [1.82, 2.24) is 5.32 Å². The van der Waals surface area contributed by atoms with Crippen molar-refractivity contribution in [3.8, 4) is 0 Å². The Morgan fingerprint density at radius 1 is 1.29 bits per heavy atom. The highest BCUT2D eigenvalue weighted by atomic mass is 32.1. The Morgan fingerprint density at radius 2 is 1.93 bits per heavy atom. The molecule has 1 aromatic rings. The molecule has 2 rings (SSSR count). The van der Waals surface area contributed by atoms with Crippen molar-refractivity contribution in [2.24, 2.45) is 0 Å². The lowest BCUT2D eigenvalue weighted by molar-refractivity contribution is 0.628. The highest BCUT2D eigenvalue weighted by Gasteiger charge is 2.21. The molecule has 0 spiro atoms. The van der Waals surface area contributed by atoms with E-state index < -0.39 is 0 Å². The van der Waals surface area contributed by atoms with E-state index in [4.69, 9.17) is 12.2 Å². The van der Waals surface area contributed by atoms with Crippen LogP contribution in [0, 0.1) is 5.82 Å². The number of anilines is 1. The molecule has 1 saturated carbocycles. The summed E-state index contributed by atoms with van der Waals surface area (Å²) >= 11 is 5.07. The van der Waals surface area contributed by atoms with Crippen molar-refractivity contribution in [2.75, 3.05) is 5.32 Å². The van der Waals surface area contributed by atoms with E-state index in [-0.39, 0.29) is 5.82 Å². The highest BCUT2D eigenvalue weighted by Crippen LogP contribution is 2.18. The Hall–Kier alpha value is -1.16. The monoisotopic (exact) mass is 210 g/mol. The average Bonchev–Trinajstić information content (AvgIpc) is 2.93. The standard InChI is InChI=1S/C10H11FN2S/c11-7-1-3-8(4-2-7)12-10(14)13-9-5-6-9/h1-4,9H,5-6H2,(H2,12,13,14). The fraction of sp³-hybridized carbons (Fsp3) is 0.300. The summed E-state index contributed by atoms with van der Waals surface area (Å²) in [4.78, 5) is 0. The summed E-state index contributed by atoms with van der Waals surface area (Å²) in [7, 11) is 0. The lowest BCUT2D eigenvalue weighted by Gasteiger charge is -2.08. The Labute approximate surface area is 87.5 Å². The summed E-state index contributed by atoms with van der Waals surface area (Å²) in [6, 6.07) is 6.67. The molecular weight excluding hydrogens is 199 g/mol. The largest absolute Gasteiger partial charge is 0.360 e. The Bertz CT molecular complexity index is 332. The molecule has 2 N–H and O–H groups in total. The zero-order valence-corrected chi connectivity index (χ0v) is 8.40. The van der Waals surface area contributed by atoms with Gasteiger partial charge in [-0.15, -0.1) is 0 Å². The molecular formula is C10H11FN2S. The highest BCUT2D eigenvalue weighted by molar-refractivity contribution is 7.80. The molecule has 1 aliphatic rings. The number of halogens is 1. The minimum absolute atomic E-state index is 0.239. The lowest BCUT2D eigenvalue weighted by Crippen LogP contribution is -2.30. The van der Waals surface area contributed by atoms with Crippen LogP contribution in [0.1, 0.15) is 12.8 Å². The van der Waals surface area contributed by atoms with E-state index in [1.807, 2.05) is 0 Å². The molecule has 2 nitrogen and oxygen atoms in total. The third kappa shape index (κ3) is 2.67. The van der Waals surface area contributed by atoms with Gasteiger partial charge < -0.3 is 10.6 Å². The smallest absolute Gasteiger partial charge is 0.170 e. The van der Waals surface area contributed by atoms with E-state index in [1.165, 1.54) is 25.0 Å². The first-order valence-electron chi connectivity index (χ1n) is 4.57. The lowest BCUT2D eigenvalue weighted by atomic mass is 10.3. The molecule has 0 atom stereocenters. The average molecular weight is 210 g/mol. The van der Waals surface area contributed by atoms with Crippen LogP contribution in [0.4, 0.5) is 10.1 Å². The van der Waals surface area contributed by atoms with Crippen molar-refractivity contribution in [3.05, 3.63) is 30.1 Å². The molecule has 4 heteroatoms. The van der Waals surface area contributed by atoms with Gasteiger partial charge >= 0.3 is 0 Å². The maximum absolute atomic E-state index is 12.6. The Kier molecular flexibility index (Phi) is 2.63. The topological polar surface area (TPSA) is 24.1 Å². The summed E-state index contributed by atoms with van der Waals surface area (Å²) in [6.45, 7) is 0. The first kappa shape index (κ1) is 9.40. The minimum Gasteiger partial charge on any atom is -0.360 e. The van der Waals surface area contributed by atoms with Gasteiger partial charge in [0.05, 0.1) is 0 Å². The predicted molar refractivity (Wildman–Crippen MR) is 58.8 cm³/mol. The van der Waals surface area contributed by atoms with Crippen molar-refractivity contribution in [1.29, 1.82) is 0 Å².